The van der Waals surface area contributed by atoms with Gasteiger partial charge >= 0.3 is 0 Å². The largest absolute Gasteiger partial charge is 0.457 e. The van der Waals surface area contributed by atoms with Crippen molar-refractivity contribution in [3.05, 3.63) is 83.6 Å². The molecule has 0 saturated carbocycles. The van der Waals surface area contributed by atoms with E-state index in [1.54, 1.807) is 18.3 Å². The summed E-state index contributed by atoms with van der Waals surface area (Å²) < 4.78 is 19.0. The third kappa shape index (κ3) is 3.43. The Labute approximate surface area is 145 Å². The molecule has 4 heteroatoms. The van der Waals surface area contributed by atoms with Gasteiger partial charge in [0, 0.05) is 30.1 Å². The van der Waals surface area contributed by atoms with Crippen molar-refractivity contribution in [2.45, 2.75) is 12.8 Å². The van der Waals surface area contributed by atoms with Crippen LogP contribution in [0.3, 0.4) is 0 Å². The molecular weight excluding hydrogens is 315 g/mol. The van der Waals surface area contributed by atoms with Crippen LogP contribution < -0.4 is 0 Å². The Bertz CT molecular complexity index is 924. The van der Waals surface area contributed by atoms with Crippen molar-refractivity contribution in [1.82, 2.24) is 4.98 Å². The highest BCUT2D eigenvalue weighted by atomic mass is 19.1. The first-order chi connectivity index (χ1) is 12.3. The first-order valence-electron chi connectivity index (χ1n) is 8.31. The lowest BCUT2D eigenvalue weighted by Gasteiger charge is -2.15. The molecule has 0 spiro atoms. The monoisotopic (exact) mass is 332 g/mol. The minimum absolute atomic E-state index is 0.253. The predicted molar refractivity (Wildman–Crippen MR) is 97.0 cm³/mol. The van der Waals surface area contributed by atoms with Crippen LogP contribution in [0.4, 0.5) is 4.39 Å². The van der Waals surface area contributed by atoms with Gasteiger partial charge in [0.1, 0.15) is 17.3 Å². The highest BCUT2D eigenvalue weighted by Crippen LogP contribution is 2.26. The lowest BCUT2D eigenvalue weighted by atomic mass is 9.96. The number of hydrogen-bond donors (Lipinski definition) is 0. The lowest BCUT2D eigenvalue weighted by Crippen LogP contribution is -2.11. The molecule has 0 bridgehead atoms. The summed E-state index contributed by atoms with van der Waals surface area (Å²) in [5.41, 5.74) is 4.02. The molecule has 0 amide bonds. The lowest BCUT2D eigenvalue weighted by molar-refractivity contribution is 0.570. The topological polar surface area (TPSA) is 38.4 Å². The molecule has 0 atom stereocenters. The number of hydrogen-bond acceptors (Lipinski definition) is 3. The fraction of sp³-hybridized carbons (Fsp3) is 0.143. The van der Waals surface area contributed by atoms with E-state index in [9.17, 15) is 4.39 Å². The molecule has 124 valence electrons. The number of benzene rings is 1. The normalized spacial score (nSPS) is 16.0. The van der Waals surface area contributed by atoms with E-state index >= 15 is 0 Å². The summed E-state index contributed by atoms with van der Waals surface area (Å²) in [6, 6.07) is 14.1. The van der Waals surface area contributed by atoms with Gasteiger partial charge < -0.3 is 4.42 Å². The highest BCUT2D eigenvalue weighted by Gasteiger charge is 2.15. The molecule has 0 fully saturated rings. The number of pyridine rings is 1. The van der Waals surface area contributed by atoms with Crippen molar-refractivity contribution in [1.29, 1.82) is 0 Å². The molecule has 1 aliphatic rings. The highest BCUT2D eigenvalue weighted by molar-refractivity contribution is 6.15. The van der Waals surface area contributed by atoms with E-state index in [4.69, 9.17) is 4.42 Å². The van der Waals surface area contributed by atoms with Crippen LogP contribution in [0.25, 0.3) is 17.4 Å². The number of aromatic nitrogens is 1. The Morgan fingerprint density at radius 1 is 1.00 bits per heavy atom. The first-order valence-corrected chi connectivity index (χ1v) is 8.31. The van der Waals surface area contributed by atoms with Crippen LogP contribution in [0.5, 0.6) is 0 Å². The van der Waals surface area contributed by atoms with Crippen LogP contribution in [0.1, 0.15) is 24.2 Å². The molecule has 1 aliphatic heterocycles. The van der Waals surface area contributed by atoms with Gasteiger partial charge in [0.05, 0.1) is 5.71 Å². The van der Waals surface area contributed by atoms with Crippen LogP contribution in [-0.4, -0.2) is 17.2 Å². The zero-order valence-electron chi connectivity index (χ0n) is 13.7. The van der Waals surface area contributed by atoms with Gasteiger partial charge in [0.15, 0.2) is 0 Å². The number of aliphatic imine (C=N–C) groups is 1. The summed E-state index contributed by atoms with van der Waals surface area (Å²) in [6.07, 6.45) is 7.63. The number of halogens is 1. The predicted octanol–water partition coefficient (Wildman–Crippen LogP) is 5.15. The van der Waals surface area contributed by atoms with Gasteiger partial charge in [0.25, 0.3) is 0 Å². The molecular formula is C21H17FN2O. The van der Waals surface area contributed by atoms with Gasteiger partial charge in [0.2, 0.25) is 0 Å². The molecule has 4 rings (SSSR count). The van der Waals surface area contributed by atoms with E-state index in [1.807, 2.05) is 36.5 Å². The second-order valence-corrected chi connectivity index (χ2v) is 5.95. The van der Waals surface area contributed by atoms with Crippen molar-refractivity contribution in [3.8, 4) is 11.3 Å². The standard InChI is InChI=1S/C21H17FN2O/c22-18-7-5-15(6-8-18)20-10-9-19(25-20)13-16-3-2-12-24-21(16)17-4-1-11-23-14-17/h1,4-11,13-14H,2-3,12H2. The smallest absolute Gasteiger partial charge is 0.134 e. The maximum atomic E-state index is 13.1. The Morgan fingerprint density at radius 3 is 2.68 bits per heavy atom. The third-order valence-electron chi connectivity index (χ3n) is 4.19. The van der Waals surface area contributed by atoms with Gasteiger partial charge in [-0.25, -0.2) is 4.39 Å². The molecule has 0 aliphatic carbocycles. The number of allylic oxidation sites excluding steroid dienone is 1. The molecule has 3 aromatic rings. The molecule has 0 unspecified atom stereocenters. The number of furan rings is 1. The van der Waals surface area contributed by atoms with E-state index in [-0.39, 0.29) is 5.82 Å². The summed E-state index contributed by atoms with van der Waals surface area (Å²) in [5, 5.41) is 0. The van der Waals surface area contributed by atoms with Crippen molar-refractivity contribution >= 4 is 11.8 Å². The third-order valence-corrected chi connectivity index (χ3v) is 4.19. The van der Waals surface area contributed by atoms with Gasteiger partial charge in [-0.1, -0.05) is 0 Å². The summed E-state index contributed by atoms with van der Waals surface area (Å²) in [5.74, 6) is 1.24. The maximum absolute atomic E-state index is 13.1. The van der Waals surface area contributed by atoms with Crippen molar-refractivity contribution in [2.75, 3.05) is 6.54 Å². The van der Waals surface area contributed by atoms with Gasteiger partial charge in [-0.05, 0) is 73.0 Å². The van der Waals surface area contributed by atoms with Crippen LogP contribution in [-0.2, 0) is 0 Å². The summed E-state index contributed by atoms with van der Waals surface area (Å²) in [6.45, 7) is 0.834. The van der Waals surface area contributed by atoms with E-state index < -0.39 is 0 Å². The van der Waals surface area contributed by atoms with E-state index in [1.165, 1.54) is 12.1 Å². The molecule has 0 radical (unpaired) electrons. The van der Waals surface area contributed by atoms with Crippen LogP contribution >= 0.6 is 0 Å². The van der Waals surface area contributed by atoms with Gasteiger partial charge in [-0.3, -0.25) is 9.98 Å². The average molecular weight is 332 g/mol. The number of nitrogens with zero attached hydrogens (tertiary/aromatic N) is 2. The van der Waals surface area contributed by atoms with Gasteiger partial charge in [-0.15, -0.1) is 0 Å². The SMILES string of the molecule is Fc1ccc(-c2ccc(C=C3CCCN=C3c3cccnc3)o2)cc1. The second kappa shape index (κ2) is 6.85. The summed E-state index contributed by atoms with van der Waals surface area (Å²) >= 11 is 0. The fourth-order valence-electron chi connectivity index (χ4n) is 2.97. The molecule has 2 aromatic heterocycles. The molecule has 0 saturated heterocycles. The zero-order valence-corrected chi connectivity index (χ0v) is 13.7. The summed E-state index contributed by atoms with van der Waals surface area (Å²) in [4.78, 5) is 8.87. The molecule has 3 heterocycles. The Kier molecular flexibility index (Phi) is 4.25. The van der Waals surface area contributed by atoms with Gasteiger partial charge in [-0.2, -0.15) is 0 Å². The first kappa shape index (κ1) is 15.5. The molecule has 1 aromatic carbocycles. The van der Waals surface area contributed by atoms with E-state index in [2.05, 4.69) is 9.98 Å². The van der Waals surface area contributed by atoms with Crippen molar-refractivity contribution < 1.29 is 8.81 Å². The second-order valence-electron chi connectivity index (χ2n) is 5.95. The maximum Gasteiger partial charge on any atom is 0.134 e. The van der Waals surface area contributed by atoms with E-state index in [0.29, 0.717) is 0 Å². The van der Waals surface area contributed by atoms with Crippen LogP contribution in [0.15, 0.2) is 75.9 Å². The Hall–Kier alpha value is -3.01. The Balaban J connectivity index is 1.65. The quantitative estimate of drug-likeness (QED) is 0.665. The molecule has 0 N–H and O–H groups in total. The van der Waals surface area contributed by atoms with Crippen LogP contribution in [0.2, 0.25) is 0 Å². The minimum Gasteiger partial charge on any atom is -0.457 e. The zero-order chi connectivity index (χ0) is 17.1. The van der Waals surface area contributed by atoms with Crippen molar-refractivity contribution in [3.63, 3.8) is 0 Å². The average Bonchev–Trinajstić information content (AvgIpc) is 3.12. The minimum atomic E-state index is -0.253. The van der Waals surface area contributed by atoms with E-state index in [0.717, 1.165) is 53.3 Å². The van der Waals surface area contributed by atoms with Crippen LogP contribution in [0, 0.1) is 5.82 Å². The summed E-state index contributed by atoms with van der Waals surface area (Å²) in [7, 11) is 0. The Morgan fingerprint density at radius 2 is 1.88 bits per heavy atom. The molecule has 25 heavy (non-hydrogen) atoms. The van der Waals surface area contributed by atoms with Crippen molar-refractivity contribution in [2.24, 2.45) is 4.99 Å². The number of rotatable bonds is 3. The molecule has 3 nitrogen and oxygen atoms in total. The fourth-order valence-corrected chi connectivity index (χ4v) is 2.97.